The van der Waals surface area contributed by atoms with E-state index in [4.69, 9.17) is 6.42 Å². The zero-order valence-corrected chi connectivity index (χ0v) is 9.58. The Hall–Kier alpha value is -1.03. The van der Waals surface area contributed by atoms with Crippen molar-refractivity contribution < 1.29 is 0 Å². The Morgan fingerprint density at radius 3 is 2.47 bits per heavy atom. The van der Waals surface area contributed by atoms with Crippen molar-refractivity contribution in [3.8, 4) is 18.4 Å². The highest BCUT2D eigenvalue weighted by molar-refractivity contribution is 5.11. The van der Waals surface area contributed by atoms with E-state index in [0.717, 1.165) is 25.9 Å². The molecule has 0 amide bonds. The van der Waals surface area contributed by atoms with E-state index in [1.807, 2.05) is 0 Å². The molecule has 1 fully saturated rings. The van der Waals surface area contributed by atoms with E-state index in [-0.39, 0.29) is 0 Å². The van der Waals surface area contributed by atoms with E-state index in [1.165, 1.54) is 0 Å². The summed E-state index contributed by atoms with van der Waals surface area (Å²) in [5.74, 6) is 2.53. The Morgan fingerprint density at radius 2 is 2.07 bits per heavy atom. The molecule has 3 nitrogen and oxygen atoms in total. The number of hydrogen-bond donors (Lipinski definition) is 1. The molecule has 0 aromatic carbocycles. The van der Waals surface area contributed by atoms with Gasteiger partial charge in [0.25, 0.3) is 0 Å². The van der Waals surface area contributed by atoms with Crippen molar-refractivity contribution >= 4 is 0 Å². The smallest absolute Gasteiger partial charge is 0.109 e. The van der Waals surface area contributed by atoms with Crippen molar-refractivity contribution in [3.63, 3.8) is 0 Å². The van der Waals surface area contributed by atoms with E-state index < -0.39 is 5.54 Å². The summed E-state index contributed by atoms with van der Waals surface area (Å²) in [7, 11) is 0. The number of terminal acetylenes is 1. The summed E-state index contributed by atoms with van der Waals surface area (Å²) in [5, 5.41) is 12.4. The quantitative estimate of drug-likeness (QED) is 0.698. The first-order chi connectivity index (χ1) is 7.13. The zero-order valence-electron chi connectivity index (χ0n) is 9.58. The predicted molar refractivity (Wildman–Crippen MR) is 61.1 cm³/mol. The maximum absolute atomic E-state index is 9.19. The van der Waals surface area contributed by atoms with Gasteiger partial charge in [-0.1, -0.05) is 5.92 Å². The fourth-order valence-corrected chi connectivity index (χ4v) is 1.97. The van der Waals surface area contributed by atoms with Crippen molar-refractivity contribution in [2.75, 3.05) is 19.6 Å². The molecule has 1 aliphatic rings. The van der Waals surface area contributed by atoms with Crippen LogP contribution in [0.5, 0.6) is 0 Å². The van der Waals surface area contributed by atoms with E-state index in [0.29, 0.717) is 12.6 Å². The van der Waals surface area contributed by atoms with Crippen LogP contribution in [0.1, 0.15) is 26.7 Å². The van der Waals surface area contributed by atoms with Gasteiger partial charge in [0, 0.05) is 19.1 Å². The summed E-state index contributed by atoms with van der Waals surface area (Å²) in [5.41, 5.74) is -0.391. The summed E-state index contributed by atoms with van der Waals surface area (Å²) < 4.78 is 0. The van der Waals surface area contributed by atoms with Crippen molar-refractivity contribution in [2.24, 2.45) is 0 Å². The number of likely N-dealkylation sites (tertiary alicyclic amines) is 1. The van der Waals surface area contributed by atoms with Gasteiger partial charge in [-0.25, -0.2) is 0 Å². The largest absolute Gasteiger partial charge is 0.301 e. The number of nitrogens with one attached hydrogen (secondary N) is 1. The summed E-state index contributed by atoms with van der Waals surface area (Å²) >= 11 is 0. The predicted octanol–water partition coefficient (Wildman–Crippen LogP) is 0.976. The summed E-state index contributed by atoms with van der Waals surface area (Å²) in [4.78, 5) is 2.40. The first-order valence-corrected chi connectivity index (χ1v) is 5.47. The third-order valence-electron chi connectivity index (χ3n) is 3.12. The molecular weight excluding hydrogens is 186 g/mol. The molecule has 1 N–H and O–H groups in total. The molecule has 0 unspecified atom stereocenters. The van der Waals surface area contributed by atoms with Crippen LogP contribution in [0.2, 0.25) is 0 Å². The Labute approximate surface area is 92.4 Å². The molecule has 3 heteroatoms. The number of rotatable bonds is 3. The number of hydrogen-bond acceptors (Lipinski definition) is 3. The lowest BCUT2D eigenvalue weighted by Gasteiger charge is -2.39. The van der Waals surface area contributed by atoms with Crippen molar-refractivity contribution in [2.45, 2.75) is 38.3 Å². The highest BCUT2D eigenvalue weighted by Crippen LogP contribution is 2.22. The maximum atomic E-state index is 9.19. The van der Waals surface area contributed by atoms with Crippen molar-refractivity contribution in [1.82, 2.24) is 10.2 Å². The topological polar surface area (TPSA) is 39.1 Å². The van der Waals surface area contributed by atoms with Crippen molar-refractivity contribution in [1.29, 1.82) is 5.26 Å². The Bertz CT molecular complexity index is 274. The number of piperidine rings is 1. The molecule has 0 aromatic heterocycles. The molecule has 0 spiro atoms. The standard InChI is InChI=1S/C12H19N3/c1-4-7-14-12(10-13)5-8-15(9-6-12)11(2)3/h1,11,14H,5-9H2,2-3H3. The van der Waals surface area contributed by atoms with Gasteiger partial charge in [0.2, 0.25) is 0 Å². The molecule has 1 rings (SSSR count). The minimum absolute atomic E-state index is 0.391. The van der Waals surface area contributed by atoms with Crippen LogP contribution in [0.25, 0.3) is 0 Å². The average Bonchev–Trinajstić information content (AvgIpc) is 2.27. The number of nitrogens with zero attached hydrogens (tertiary/aromatic N) is 2. The highest BCUT2D eigenvalue weighted by atomic mass is 15.2. The highest BCUT2D eigenvalue weighted by Gasteiger charge is 2.34. The SMILES string of the molecule is C#CCNC1(C#N)CCN(C(C)C)CC1. The van der Waals surface area contributed by atoms with Crippen LogP contribution in [-0.2, 0) is 0 Å². The lowest BCUT2D eigenvalue weighted by molar-refractivity contribution is 0.139. The van der Waals surface area contributed by atoms with Crippen LogP contribution >= 0.6 is 0 Å². The van der Waals surface area contributed by atoms with Gasteiger partial charge in [-0.15, -0.1) is 6.42 Å². The minimum atomic E-state index is -0.391. The fourth-order valence-electron chi connectivity index (χ4n) is 1.97. The van der Waals surface area contributed by atoms with Crippen LogP contribution in [0.4, 0.5) is 0 Å². The molecule has 1 aliphatic heterocycles. The lowest BCUT2D eigenvalue weighted by atomic mass is 9.88. The van der Waals surface area contributed by atoms with Gasteiger partial charge in [-0.3, -0.25) is 5.32 Å². The Balaban J connectivity index is 2.52. The molecule has 0 atom stereocenters. The molecule has 0 aliphatic carbocycles. The molecule has 15 heavy (non-hydrogen) atoms. The van der Waals surface area contributed by atoms with Crippen LogP contribution in [-0.4, -0.2) is 36.1 Å². The van der Waals surface area contributed by atoms with Crippen molar-refractivity contribution in [3.05, 3.63) is 0 Å². The van der Waals surface area contributed by atoms with Gasteiger partial charge in [-0.05, 0) is 26.7 Å². The van der Waals surface area contributed by atoms with Crippen LogP contribution in [0.15, 0.2) is 0 Å². The van der Waals surface area contributed by atoms with E-state index in [1.54, 1.807) is 0 Å². The van der Waals surface area contributed by atoms with Gasteiger partial charge in [0.05, 0.1) is 12.6 Å². The first kappa shape index (κ1) is 12.0. The molecule has 0 bridgehead atoms. The first-order valence-electron chi connectivity index (χ1n) is 5.47. The van der Waals surface area contributed by atoms with Gasteiger partial charge < -0.3 is 4.90 Å². The van der Waals surface area contributed by atoms with E-state index >= 15 is 0 Å². The molecule has 1 saturated heterocycles. The third kappa shape index (κ3) is 2.96. The molecule has 0 radical (unpaired) electrons. The minimum Gasteiger partial charge on any atom is -0.301 e. The lowest BCUT2D eigenvalue weighted by Crippen LogP contribution is -2.53. The van der Waals surface area contributed by atoms with Crippen LogP contribution in [0, 0.1) is 23.7 Å². The van der Waals surface area contributed by atoms with Gasteiger partial charge >= 0.3 is 0 Å². The molecule has 82 valence electrons. The van der Waals surface area contributed by atoms with Gasteiger partial charge in [-0.2, -0.15) is 5.26 Å². The molecule has 0 aromatic rings. The maximum Gasteiger partial charge on any atom is 0.109 e. The average molecular weight is 205 g/mol. The van der Waals surface area contributed by atoms with E-state index in [9.17, 15) is 5.26 Å². The Morgan fingerprint density at radius 1 is 1.47 bits per heavy atom. The van der Waals surface area contributed by atoms with Crippen LogP contribution in [0.3, 0.4) is 0 Å². The normalized spacial score (nSPS) is 20.9. The molecular formula is C12H19N3. The molecule has 0 saturated carbocycles. The molecule has 1 heterocycles. The van der Waals surface area contributed by atoms with Crippen LogP contribution < -0.4 is 5.32 Å². The third-order valence-corrected chi connectivity index (χ3v) is 3.12. The summed E-state index contributed by atoms with van der Waals surface area (Å²) in [6.07, 6.45) is 6.93. The second-order valence-corrected chi connectivity index (χ2v) is 4.38. The second kappa shape index (κ2) is 5.16. The van der Waals surface area contributed by atoms with Gasteiger partial charge in [0.1, 0.15) is 5.54 Å². The number of nitriles is 1. The summed E-state index contributed by atoms with van der Waals surface area (Å²) in [6, 6.07) is 2.94. The summed E-state index contributed by atoms with van der Waals surface area (Å²) in [6.45, 7) is 6.81. The van der Waals surface area contributed by atoms with E-state index in [2.05, 4.69) is 36.1 Å². The zero-order chi connectivity index (χ0) is 11.3. The van der Waals surface area contributed by atoms with Gasteiger partial charge in [0.15, 0.2) is 0 Å². The Kier molecular flexibility index (Phi) is 4.15. The fraction of sp³-hybridized carbons (Fsp3) is 0.750. The monoisotopic (exact) mass is 205 g/mol. The second-order valence-electron chi connectivity index (χ2n) is 4.38.